The molecule has 1 aromatic heterocycles. The van der Waals surface area contributed by atoms with E-state index in [2.05, 4.69) is 26.9 Å². The number of ether oxygens (including phenoxy) is 2. The van der Waals surface area contributed by atoms with Crippen molar-refractivity contribution in [2.24, 2.45) is 5.10 Å². The molecule has 4 aromatic carbocycles. The van der Waals surface area contributed by atoms with Gasteiger partial charge in [0.15, 0.2) is 16.6 Å². The van der Waals surface area contributed by atoms with Gasteiger partial charge < -0.3 is 14.8 Å². The molecule has 0 aliphatic heterocycles. The number of anilines is 2. The lowest BCUT2D eigenvalue weighted by Gasteiger charge is -2.13. The van der Waals surface area contributed by atoms with Crippen molar-refractivity contribution >= 4 is 45.9 Å². The first-order valence-corrected chi connectivity index (χ1v) is 14.6. The number of carbonyl (C=O) groups is 1. The number of nitrogens with zero attached hydrogens (tertiary/aromatic N) is 3. The second-order valence-electron chi connectivity index (χ2n) is 9.14. The number of aromatic nitrogens is 1. The number of hydrogen-bond donors (Lipinski definition) is 2. The van der Waals surface area contributed by atoms with Gasteiger partial charge in [-0.15, -0.1) is 11.3 Å². The van der Waals surface area contributed by atoms with Gasteiger partial charge in [0.25, 0.3) is 5.91 Å². The standard InChI is InChI=1S/C33H26ClN5O3S/c1-2-41-31-17-22(7-16-30(31)42-20-26-6-4-3-5-25(26)18-35)19-36-39-32(40)24-10-8-23(9-11-24)29-21-43-33(38-29)37-28-14-12-27(34)13-15-28/h3-17,19,21H,2,20H2,1H3,(H,37,38)(H,39,40)/b36-19-. The third-order valence-corrected chi connectivity index (χ3v) is 7.22. The maximum Gasteiger partial charge on any atom is 0.271 e. The third-order valence-electron chi connectivity index (χ3n) is 6.21. The molecule has 10 heteroatoms. The fourth-order valence-corrected chi connectivity index (χ4v) is 4.91. The lowest BCUT2D eigenvalue weighted by atomic mass is 10.1. The van der Waals surface area contributed by atoms with Crippen LogP contribution in [-0.4, -0.2) is 23.7 Å². The average molecular weight is 608 g/mol. The number of rotatable bonds is 11. The zero-order valence-corrected chi connectivity index (χ0v) is 24.7. The molecular weight excluding hydrogens is 582 g/mol. The molecule has 0 radical (unpaired) electrons. The van der Waals surface area contributed by atoms with E-state index in [1.54, 1.807) is 30.3 Å². The van der Waals surface area contributed by atoms with E-state index in [1.165, 1.54) is 17.6 Å². The van der Waals surface area contributed by atoms with Crippen molar-refractivity contribution in [3.8, 4) is 28.8 Å². The second kappa shape index (κ2) is 14.1. The summed E-state index contributed by atoms with van der Waals surface area (Å²) < 4.78 is 11.7. The van der Waals surface area contributed by atoms with E-state index in [-0.39, 0.29) is 12.5 Å². The molecular formula is C33H26ClN5O3S. The highest BCUT2D eigenvalue weighted by molar-refractivity contribution is 7.14. The van der Waals surface area contributed by atoms with E-state index in [1.807, 2.05) is 73.0 Å². The largest absolute Gasteiger partial charge is 0.490 e. The van der Waals surface area contributed by atoms with Gasteiger partial charge in [0.05, 0.1) is 30.1 Å². The molecule has 0 atom stereocenters. The van der Waals surface area contributed by atoms with Gasteiger partial charge in [0.2, 0.25) is 0 Å². The van der Waals surface area contributed by atoms with Crippen LogP contribution >= 0.6 is 22.9 Å². The van der Waals surface area contributed by atoms with Gasteiger partial charge in [0, 0.05) is 32.8 Å². The van der Waals surface area contributed by atoms with E-state index in [4.69, 9.17) is 21.1 Å². The van der Waals surface area contributed by atoms with Gasteiger partial charge in [-0.3, -0.25) is 4.79 Å². The molecule has 43 heavy (non-hydrogen) atoms. The summed E-state index contributed by atoms with van der Waals surface area (Å²) in [4.78, 5) is 17.3. The van der Waals surface area contributed by atoms with Crippen LogP contribution in [0.15, 0.2) is 101 Å². The van der Waals surface area contributed by atoms with Gasteiger partial charge in [0.1, 0.15) is 6.61 Å². The van der Waals surface area contributed by atoms with E-state index in [9.17, 15) is 10.1 Å². The molecule has 0 unspecified atom stereocenters. The smallest absolute Gasteiger partial charge is 0.271 e. The Kier molecular flexibility index (Phi) is 9.64. The minimum Gasteiger partial charge on any atom is -0.490 e. The minimum atomic E-state index is -0.340. The Bertz CT molecular complexity index is 1780. The van der Waals surface area contributed by atoms with Gasteiger partial charge >= 0.3 is 0 Å². The monoisotopic (exact) mass is 607 g/mol. The molecule has 0 aliphatic rings. The van der Waals surface area contributed by atoms with E-state index < -0.39 is 0 Å². The maximum absolute atomic E-state index is 12.7. The first-order chi connectivity index (χ1) is 21.0. The molecule has 0 saturated carbocycles. The quantitative estimate of drug-likeness (QED) is 0.117. The van der Waals surface area contributed by atoms with Crippen LogP contribution in [0.5, 0.6) is 11.5 Å². The van der Waals surface area contributed by atoms with E-state index in [0.29, 0.717) is 34.3 Å². The number of hydrogen-bond acceptors (Lipinski definition) is 8. The molecule has 214 valence electrons. The third kappa shape index (κ3) is 7.77. The van der Waals surface area contributed by atoms with Crippen LogP contribution < -0.4 is 20.2 Å². The Morgan fingerprint density at radius 3 is 2.58 bits per heavy atom. The van der Waals surface area contributed by atoms with Crippen LogP contribution in [0.25, 0.3) is 11.3 Å². The van der Waals surface area contributed by atoms with E-state index in [0.717, 1.165) is 33.2 Å². The maximum atomic E-state index is 12.7. The zero-order valence-electron chi connectivity index (χ0n) is 23.1. The lowest BCUT2D eigenvalue weighted by Crippen LogP contribution is -2.17. The summed E-state index contributed by atoms with van der Waals surface area (Å²) in [6, 6.07) is 29.4. The topological polar surface area (TPSA) is 109 Å². The number of thiazole rings is 1. The molecule has 5 rings (SSSR count). The number of nitrogens with one attached hydrogen (secondary N) is 2. The first-order valence-electron chi connectivity index (χ1n) is 13.3. The fraction of sp³-hybridized carbons (Fsp3) is 0.0909. The summed E-state index contributed by atoms with van der Waals surface area (Å²) in [5.74, 6) is 0.743. The van der Waals surface area contributed by atoms with Crippen LogP contribution in [0.4, 0.5) is 10.8 Å². The van der Waals surface area contributed by atoms with Crippen LogP contribution in [0.1, 0.15) is 34.0 Å². The summed E-state index contributed by atoms with van der Waals surface area (Å²) in [5, 5.41) is 20.1. The Balaban J connectivity index is 1.18. The highest BCUT2D eigenvalue weighted by atomic mass is 35.5. The minimum absolute atomic E-state index is 0.232. The molecule has 5 aromatic rings. The molecule has 8 nitrogen and oxygen atoms in total. The number of hydrazone groups is 1. The molecule has 0 fully saturated rings. The van der Waals surface area contributed by atoms with Gasteiger partial charge in [-0.25, -0.2) is 10.4 Å². The van der Waals surface area contributed by atoms with Crippen LogP contribution in [-0.2, 0) is 6.61 Å². The molecule has 0 aliphatic carbocycles. The van der Waals surface area contributed by atoms with Gasteiger partial charge in [-0.1, -0.05) is 41.9 Å². The van der Waals surface area contributed by atoms with Crippen LogP contribution in [0.2, 0.25) is 5.02 Å². The number of nitriles is 1. The van der Waals surface area contributed by atoms with Crippen molar-refractivity contribution in [3.05, 3.63) is 124 Å². The summed E-state index contributed by atoms with van der Waals surface area (Å²) in [5.41, 5.74) is 7.69. The molecule has 2 N–H and O–H groups in total. The van der Waals surface area contributed by atoms with Gasteiger partial charge in [-0.2, -0.15) is 10.4 Å². The highest BCUT2D eigenvalue weighted by Gasteiger charge is 2.10. The number of carbonyl (C=O) groups excluding carboxylic acids is 1. The Morgan fingerprint density at radius 2 is 1.81 bits per heavy atom. The van der Waals surface area contributed by atoms with Crippen molar-refractivity contribution in [1.29, 1.82) is 5.26 Å². The lowest BCUT2D eigenvalue weighted by molar-refractivity contribution is 0.0955. The van der Waals surface area contributed by atoms with Crippen molar-refractivity contribution in [3.63, 3.8) is 0 Å². The Morgan fingerprint density at radius 1 is 1.02 bits per heavy atom. The van der Waals surface area contributed by atoms with Crippen LogP contribution in [0, 0.1) is 11.3 Å². The van der Waals surface area contributed by atoms with Crippen molar-refractivity contribution < 1.29 is 14.3 Å². The number of amides is 1. The van der Waals surface area contributed by atoms with Crippen LogP contribution in [0.3, 0.4) is 0 Å². The second-order valence-corrected chi connectivity index (χ2v) is 10.4. The molecule has 1 heterocycles. The number of benzene rings is 4. The zero-order chi connectivity index (χ0) is 30.0. The Labute approximate surface area is 258 Å². The summed E-state index contributed by atoms with van der Waals surface area (Å²) in [6.07, 6.45) is 1.54. The Hall–Kier alpha value is -5.17. The van der Waals surface area contributed by atoms with Gasteiger partial charge in [-0.05, 0) is 73.2 Å². The summed E-state index contributed by atoms with van der Waals surface area (Å²) in [6.45, 7) is 2.56. The van der Waals surface area contributed by atoms with Crippen molar-refractivity contribution in [1.82, 2.24) is 10.4 Å². The SMILES string of the molecule is CCOc1cc(/C=N\NC(=O)c2ccc(-c3csc(Nc4ccc(Cl)cc4)n3)cc2)ccc1OCc1ccccc1C#N. The predicted molar refractivity (Wildman–Crippen MR) is 170 cm³/mol. The normalized spacial score (nSPS) is 10.7. The molecule has 0 bridgehead atoms. The molecule has 0 spiro atoms. The summed E-state index contributed by atoms with van der Waals surface area (Å²) in [7, 11) is 0. The number of halogens is 1. The van der Waals surface area contributed by atoms with Crippen molar-refractivity contribution in [2.75, 3.05) is 11.9 Å². The fourth-order valence-electron chi connectivity index (χ4n) is 4.05. The first kappa shape index (κ1) is 29.3. The summed E-state index contributed by atoms with van der Waals surface area (Å²) >= 11 is 7.44. The highest BCUT2D eigenvalue weighted by Crippen LogP contribution is 2.30. The molecule has 0 saturated heterocycles. The predicted octanol–water partition coefficient (Wildman–Crippen LogP) is 7.82. The average Bonchev–Trinajstić information content (AvgIpc) is 3.50. The van der Waals surface area contributed by atoms with E-state index >= 15 is 0 Å². The van der Waals surface area contributed by atoms with Crippen molar-refractivity contribution in [2.45, 2.75) is 13.5 Å². The molecule has 1 amide bonds.